The quantitative estimate of drug-likeness (QED) is 0.827. The predicted molar refractivity (Wildman–Crippen MR) is 66.2 cm³/mol. The van der Waals surface area contributed by atoms with Gasteiger partial charge in [0.15, 0.2) is 5.82 Å². The van der Waals surface area contributed by atoms with Crippen molar-refractivity contribution in [2.24, 2.45) is 5.92 Å². The Morgan fingerprint density at radius 3 is 3.12 bits per heavy atom. The molecule has 1 N–H and O–H groups in total. The van der Waals surface area contributed by atoms with Crippen LogP contribution in [0.25, 0.3) is 0 Å². The van der Waals surface area contributed by atoms with Crippen LogP contribution in [0.4, 0.5) is 5.82 Å². The van der Waals surface area contributed by atoms with E-state index in [9.17, 15) is 4.79 Å². The van der Waals surface area contributed by atoms with Crippen molar-refractivity contribution < 1.29 is 5.11 Å². The fourth-order valence-corrected chi connectivity index (χ4v) is 2.34. The minimum Gasteiger partial charge on any atom is -0.396 e. The average Bonchev–Trinajstić information content (AvgIpc) is 2.78. The number of aliphatic hydroxyl groups is 1. The van der Waals surface area contributed by atoms with Gasteiger partial charge in [-0.1, -0.05) is 0 Å². The van der Waals surface area contributed by atoms with Crippen molar-refractivity contribution in [3.05, 3.63) is 22.7 Å². The Kier molecular flexibility index (Phi) is 3.78. The molecule has 0 saturated carbocycles. The first-order valence-corrected chi connectivity index (χ1v) is 6.17. The summed E-state index contributed by atoms with van der Waals surface area (Å²) in [6.45, 7) is 4.53. The van der Waals surface area contributed by atoms with Crippen LogP contribution in [0.5, 0.6) is 0 Å². The monoisotopic (exact) mass is 237 g/mol. The molecule has 0 amide bonds. The molecule has 0 bridgehead atoms. The van der Waals surface area contributed by atoms with E-state index in [1.165, 1.54) is 0 Å². The van der Waals surface area contributed by atoms with Gasteiger partial charge in [-0.05, 0) is 25.7 Å². The lowest BCUT2D eigenvalue weighted by molar-refractivity contribution is 0.263. The average molecular weight is 237 g/mol. The first kappa shape index (κ1) is 12.1. The van der Waals surface area contributed by atoms with Crippen LogP contribution >= 0.6 is 0 Å². The molecule has 1 aliphatic heterocycles. The fourth-order valence-electron chi connectivity index (χ4n) is 2.34. The van der Waals surface area contributed by atoms with E-state index in [4.69, 9.17) is 5.11 Å². The second-order valence-electron chi connectivity index (χ2n) is 4.46. The van der Waals surface area contributed by atoms with Crippen molar-refractivity contribution in [2.75, 3.05) is 24.6 Å². The second-order valence-corrected chi connectivity index (χ2v) is 4.46. The summed E-state index contributed by atoms with van der Waals surface area (Å²) < 4.78 is 1.67. The van der Waals surface area contributed by atoms with Gasteiger partial charge in [0, 0.05) is 38.6 Å². The van der Waals surface area contributed by atoms with Crippen molar-refractivity contribution in [3.8, 4) is 0 Å². The Labute approximate surface area is 101 Å². The van der Waals surface area contributed by atoms with Crippen molar-refractivity contribution in [1.82, 2.24) is 9.55 Å². The summed E-state index contributed by atoms with van der Waals surface area (Å²) in [7, 11) is 0. The highest BCUT2D eigenvalue weighted by molar-refractivity contribution is 5.37. The highest BCUT2D eigenvalue weighted by Gasteiger charge is 2.24. The molecule has 0 aliphatic carbocycles. The van der Waals surface area contributed by atoms with Crippen LogP contribution in [0, 0.1) is 5.92 Å². The second kappa shape index (κ2) is 5.31. The SMILES string of the molecule is CCn1ccnc(N2CCC(CCO)C2)c1=O. The molecule has 5 heteroatoms. The van der Waals surface area contributed by atoms with Crippen LogP contribution in [0.3, 0.4) is 0 Å². The van der Waals surface area contributed by atoms with Crippen LogP contribution in [0.15, 0.2) is 17.2 Å². The van der Waals surface area contributed by atoms with E-state index < -0.39 is 0 Å². The molecule has 1 atom stereocenters. The molecule has 0 radical (unpaired) electrons. The van der Waals surface area contributed by atoms with Gasteiger partial charge in [-0.15, -0.1) is 0 Å². The maximum Gasteiger partial charge on any atom is 0.293 e. The fraction of sp³-hybridized carbons (Fsp3) is 0.667. The topological polar surface area (TPSA) is 58.4 Å². The number of hydrogen-bond acceptors (Lipinski definition) is 4. The van der Waals surface area contributed by atoms with Gasteiger partial charge in [0.05, 0.1) is 0 Å². The van der Waals surface area contributed by atoms with Crippen LogP contribution in [0.1, 0.15) is 19.8 Å². The number of aromatic nitrogens is 2. The Bertz CT molecular complexity index is 430. The van der Waals surface area contributed by atoms with Gasteiger partial charge in [-0.25, -0.2) is 4.98 Å². The largest absolute Gasteiger partial charge is 0.396 e. The summed E-state index contributed by atoms with van der Waals surface area (Å²) >= 11 is 0. The maximum atomic E-state index is 12.1. The van der Waals surface area contributed by atoms with Crippen LogP contribution in [-0.4, -0.2) is 34.4 Å². The Hall–Kier alpha value is -1.36. The van der Waals surface area contributed by atoms with Crippen LogP contribution in [0.2, 0.25) is 0 Å². The molecule has 2 heterocycles. The van der Waals surface area contributed by atoms with E-state index >= 15 is 0 Å². The summed E-state index contributed by atoms with van der Waals surface area (Å²) in [6.07, 6.45) is 5.24. The zero-order valence-corrected chi connectivity index (χ0v) is 10.2. The number of anilines is 1. The number of aliphatic hydroxyl groups excluding tert-OH is 1. The number of aryl methyl sites for hydroxylation is 1. The third-order valence-corrected chi connectivity index (χ3v) is 3.36. The van der Waals surface area contributed by atoms with Gasteiger partial charge in [0.1, 0.15) is 0 Å². The standard InChI is InChI=1S/C12H19N3O2/c1-2-14-7-5-13-11(12(14)17)15-6-3-10(9-15)4-8-16/h5,7,10,16H,2-4,6,8-9H2,1H3. The van der Waals surface area contributed by atoms with E-state index in [2.05, 4.69) is 4.98 Å². The summed E-state index contributed by atoms with van der Waals surface area (Å²) in [4.78, 5) is 18.3. The predicted octanol–water partition coefficient (Wildman–Crippen LogP) is 0.472. The lowest BCUT2D eigenvalue weighted by atomic mass is 10.1. The molecule has 2 rings (SSSR count). The van der Waals surface area contributed by atoms with Gasteiger partial charge in [-0.2, -0.15) is 0 Å². The molecule has 0 spiro atoms. The molecule has 17 heavy (non-hydrogen) atoms. The molecule has 1 saturated heterocycles. The Morgan fingerprint density at radius 1 is 1.59 bits per heavy atom. The number of rotatable bonds is 4. The maximum absolute atomic E-state index is 12.1. The molecule has 1 aliphatic rings. The smallest absolute Gasteiger partial charge is 0.293 e. The van der Waals surface area contributed by atoms with Gasteiger partial charge in [-0.3, -0.25) is 4.79 Å². The minimum atomic E-state index is -0.0142. The third-order valence-electron chi connectivity index (χ3n) is 3.36. The molecular weight excluding hydrogens is 218 g/mol. The highest BCUT2D eigenvalue weighted by atomic mass is 16.3. The summed E-state index contributed by atoms with van der Waals surface area (Å²) in [6, 6.07) is 0. The Morgan fingerprint density at radius 2 is 2.41 bits per heavy atom. The zero-order chi connectivity index (χ0) is 12.3. The molecule has 1 aromatic heterocycles. The first-order valence-electron chi connectivity index (χ1n) is 6.17. The van der Waals surface area contributed by atoms with Gasteiger partial charge in [0.2, 0.25) is 0 Å². The summed E-state index contributed by atoms with van der Waals surface area (Å²) in [5.41, 5.74) is -0.0142. The number of hydrogen-bond donors (Lipinski definition) is 1. The van der Waals surface area contributed by atoms with Crippen molar-refractivity contribution in [3.63, 3.8) is 0 Å². The van der Waals surface area contributed by atoms with Crippen molar-refractivity contribution >= 4 is 5.82 Å². The first-order chi connectivity index (χ1) is 8.26. The third kappa shape index (κ3) is 2.49. The van der Waals surface area contributed by atoms with Crippen molar-refractivity contribution in [1.29, 1.82) is 0 Å². The molecule has 1 unspecified atom stereocenters. The lowest BCUT2D eigenvalue weighted by Gasteiger charge is -2.17. The Balaban J connectivity index is 2.16. The van der Waals surface area contributed by atoms with Crippen LogP contribution in [-0.2, 0) is 6.54 Å². The highest BCUT2D eigenvalue weighted by Crippen LogP contribution is 2.21. The van der Waals surface area contributed by atoms with E-state index in [0.717, 1.165) is 25.9 Å². The molecule has 1 fully saturated rings. The van der Waals surface area contributed by atoms with E-state index in [1.54, 1.807) is 17.0 Å². The molecule has 1 aromatic rings. The van der Waals surface area contributed by atoms with Crippen LogP contribution < -0.4 is 10.5 Å². The van der Waals surface area contributed by atoms with Crippen molar-refractivity contribution in [2.45, 2.75) is 26.3 Å². The van der Waals surface area contributed by atoms with E-state index in [-0.39, 0.29) is 12.2 Å². The van der Waals surface area contributed by atoms with Gasteiger partial charge in [0.25, 0.3) is 5.56 Å². The van der Waals surface area contributed by atoms with Gasteiger partial charge < -0.3 is 14.6 Å². The van der Waals surface area contributed by atoms with E-state index in [0.29, 0.717) is 18.3 Å². The molecule has 5 nitrogen and oxygen atoms in total. The molecular formula is C12H19N3O2. The van der Waals surface area contributed by atoms with E-state index in [1.807, 2.05) is 11.8 Å². The normalized spacial score (nSPS) is 19.9. The number of nitrogens with zero attached hydrogens (tertiary/aromatic N) is 3. The summed E-state index contributed by atoms with van der Waals surface area (Å²) in [5, 5.41) is 8.92. The zero-order valence-electron chi connectivity index (χ0n) is 10.2. The molecule has 0 aromatic carbocycles. The summed E-state index contributed by atoms with van der Waals surface area (Å²) in [5.74, 6) is 1.03. The molecule has 94 valence electrons. The minimum absolute atomic E-state index is 0.0142. The van der Waals surface area contributed by atoms with Gasteiger partial charge >= 0.3 is 0 Å². The lowest BCUT2D eigenvalue weighted by Crippen LogP contribution is -2.31.